The maximum Gasteiger partial charge on any atom is 0.341 e. The van der Waals surface area contributed by atoms with Gasteiger partial charge in [0.2, 0.25) is 12.7 Å². The Labute approximate surface area is 161 Å². The lowest BCUT2D eigenvalue weighted by molar-refractivity contribution is -0.117. The average Bonchev–Trinajstić information content (AvgIpc) is 3.18. The number of hydrogen-bond donors (Lipinski definition) is 1. The minimum absolute atomic E-state index is 0.186. The minimum Gasteiger partial charge on any atom is -0.465 e. The van der Waals surface area contributed by atoms with Crippen molar-refractivity contribution in [1.29, 1.82) is 0 Å². The van der Waals surface area contributed by atoms with E-state index in [0.717, 1.165) is 27.5 Å². The highest BCUT2D eigenvalue weighted by Gasteiger charge is 2.22. The zero-order chi connectivity index (χ0) is 19.6. The van der Waals surface area contributed by atoms with Gasteiger partial charge in [-0.05, 0) is 44.2 Å². The molecule has 0 radical (unpaired) electrons. The molecule has 1 aromatic carbocycles. The summed E-state index contributed by atoms with van der Waals surface area (Å²) in [6.45, 7) is 4.76. The van der Waals surface area contributed by atoms with Gasteiger partial charge in [-0.2, -0.15) is 0 Å². The highest BCUT2D eigenvalue weighted by molar-refractivity contribution is 7.16. The number of carbonyl (C=O) groups excluding carboxylic acids is 2. The van der Waals surface area contributed by atoms with Gasteiger partial charge in [0.1, 0.15) is 5.00 Å². The molecule has 3 rings (SSSR count). The topological polar surface area (TPSA) is 77.1 Å². The number of thiophene rings is 1. The van der Waals surface area contributed by atoms with Crippen molar-refractivity contribution in [2.45, 2.75) is 20.4 Å². The molecule has 1 aromatic heterocycles. The molecular formula is C19H22N2O5S. The third kappa shape index (κ3) is 4.23. The Balaban J connectivity index is 1.62. The number of aryl methyl sites for hydroxylation is 1. The number of ether oxygens (including phenoxy) is 3. The van der Waals surface area contributed by atoms with Crippen molar-refractivity contribution in [3.05, 3.63) is 39.8 Å². The molecule has 0 spiro atoms. The molecule has 0 aliphatic carbocycles. The number of nitrogens with one attached hydrogen (secondary N) is 1. The van der Waals surface area contributed by atoms with Crippen LogP contribution in [-0.4, -0.2) is 44.3 Å². The predicted octanol–water partition coefficient (Wildman–Crippen LogP) is 2.95. The van der Waals surface area contributed by atoms with Crippen LogP contribution in [0.5, 0.6) is 11.5 Å². The number of likely N-dealkylation sites (N-methyl/N-ethyl adjacent to an activating group) is 1. The second kappa shape index (κ2) is 7.98. The Hall–Kier alpha value is -2.58. The SMILES string of the molecule is COC(=O)c1c(NC(=O)CN(C)Cc2ccc3c(c2)OCO3)sc(C)c1C. The molecule has 1 N–H and O–H groups in total. The van der Waals surface area contributed by atoms with Crippen LogP contribution in [-0.2, 0) is 16.1 Å². The Morgan fingerprint density at radius 2 is 2.00 bits per heavy atom. The van der Waals surface area contributed by atoms with E-state index in [1.165, 1.54) is 18.4 Å². The highest BCUT2D eigenvalue weighted by atomic mass is 32.1. The molecule has 0 unspecified atom stereocenters. The van der Waals surface area contributed by atoms with Gasteiger partial charge in [0.15, 0.2) is 11.5 Å². The Morgan fingerprint density at radius 3 is 2.74 bits per heavy atom. The summed E-state index contributed by atoms with van der Waals surface area (Å²) in [4.78, 5) is 27.3. The van der Waals surface area contributed by atoms with Crippen molar-refractivity contribution in [2.24, 2.45) is 0 Å². The van der Waals surface area contributed by atoms with Crippen molar-refractivity contribution in [1.82, 2.24) is 4.90 Å². The van der Waals surface area contributed by atoms with Crippen LogP contribution in [0.3, 0.4) is 0 Å². The van der Waals surface area contributed by atoms with Gasteiger partial charge in [0.05, 0.1) is 19.2 Å². The number of methoxy groups -OCH3 is 1. The van der Waals surface area contributed by atoms with Crippen molar-refractivity contribution in [3.63, 3.8) is 0 Å². The van der Waals surface area contributed by atoms with Crippen LogP contribution in [0.15, 0.2) is 18.2 Å². The molecule has 1 amide bonds. The number of rotatable bonds is 6. The largest absolute Gasteiger partial charge is 0.465 e. The fourth-order valence-corrected chi connectivity index (χ4v) is 3.95. The number of hydrogen-bond acceptors (Lipinski definition) is 7. The smallest absolute Gasteiger partial charge is 0.341 e. The lowest BCUT2D eigenvalue weighted by atomic mass is 10.1. The summed E-state index contributed by atoms with van der Waals surface area (Å²) >= 11 is 1.38. The molecule has 0 saturated carbocycles. The molecule has 7 nitrogen and oxygen atoms in total. The second-order valence-corrected chi connectivity index (χ2v) is 7.61. The summed E-state index contributed by atoms with van der Waals surface area (Å²) in [7, 11) is 3.19. The van der Waals surface area contributed by atoms with E-state index in [2.05, 4.69) is 5.32 Å². The van der Waals surface area contributed by atoms with Crippen LogP contribution in [0, 0.1) is 13.8 Å². The molecule has 2 aromatic rings. The molecule has 27 heavy (non-hydrogen) atoms. The van der Waals surface area contributed by atoms with E-state index in [9.17, 15) is 9.59 Å². The van der Waals surface area contributed by atoms with E-state index < -0.39 is 5.97 Å². The number of nitrogens with zero attached hydrogens (tertiary/aromatic N) is 1. The van der Waals surface area contributed by atoms with Gasteiger partial charge in [-0.25, -0.2) is 4.79 Å². The second-order valence-electron chi connectivity index (χ2n) is 6.39. The molecule has 1 aliphatic heterocycles. The van der Waals surface area contributed by atoms with Gasteiger partial charge in [-0.3, -0.25) is 9.69 Å². The van der Waals surface area contributed by atoms with Crippen molar-refractivity contribution < 1.29 is 23.8 Å². The summed E-state index contributed by atoms with van der Waals surface area (Å²) < 4.78 is 15.5. The van der Waals surface area contributed by atoms with Crippen LogP contribution >= 0.6 is 11.3 Å². The van der Waals surface area contributed by atoms with Crippen molar-refractivity contribution >= 4 is 28.2 Å². The molecule has 8 heteroatoms. The van der Waals surface area contributed by atoms with E-state index in [1.54, 1.807) is 0 Å². The van der Waals surface area contributed by atoms with Crippen LogP contribution in [0.2, 0.25) is 0 Å². The lowest BCUT2D eigenvalue weighted by Gasteiger charge is -2.16. The average molecular weight is 390 g/mol. The summed E-state index contributed by atoms with van der Waals surface area (Å²) in [5.74, 6) is 0.820. The van der Waals surface area contributed by atoms with Gasteiger partial charge >= 0.3 is 5.97 Å². The molecule has 1 aliphatic rings. The standard InChI is InChI=1S/C19H22N2O5S/c1-11-12(2)27-18(17(11)19(23)24-4)20-16(22)9-21(3)8-13-5-6-14-15(7-13)26-10-25-14/h5-7H,8-10H2,1-4H3,(H,20,22). The Kier molecular flexibility index (Phi) is 5.67. The first kappa shape index (κ1) is 19.2. The molecule has 0 fully saturated rings. The van der Waals surface area contributed by atoms with E-state index in [4.69, 9.17) is 14.2 Å². The maximum absolute atomic E-state index is 12.4. The van der Waals surface area contributed by atoms with Crippen LogP contribution in [0.4, 0.5) is 5.00 Å². The summed E-state index contributed by atoms with van der Waals surface area (Å²) in [5.41, 5.74) is 2.27. The third-order valence-electron chi connectivity index (χ3n) is 4.33. The molecular weight excluding hydrogens is 368 g/mol. The van der Waals surface area contributed by atoms with E-state index >= 15 is 0 Å². The molecule has 0 atom stereocenters. The van der Waals surface area contributed by atoms with Crippen molar-refractivity contribution in [3.8, 4) is 11.5 Å². The quantitative estimate of drug-likeness (QED) is 0.764. The zero-order valence-electron chi connectivity index (χ0n) is 15.8. The van der Waals surface area contributed by atoms with Gasteiger partial charge in [-0.15, -0.1) is 11.3 Å². The molecule has 0 saturated heterocycles. The number of fused-ring (bicyclic) bond motifs is 1. The summed E-state index contributed by atoms with van der Waals surface area (Å²) in [5, 5.41) is 3.36. The summed E-state index contributed by atoms with van der Waals surface area (Å²) in [6.07, 6.45) is 0. The molecule has 144 valence electrons. The summed E-state index contributed by atoms with van der Waals surface area (Å²) in [6, 6.07) is 5.73. The number of benzene rings is 1. The van der Waals surface area contributed by atoms with Crippen LogP contribution in [0.1, 0.15) is 26.4 Å². The lowest BCUT2D eigenvalue weighted by Crippen LogP contribution is -2.30. The Morgan fingerprint density at radius 1 is 1.26 bits per heavy atom. The minimum atomic E-state index is -0.444. The first-order valence-corrected chi connectivity index (χ1v) is 9.26. The van der Waals surface area contributed by atoms with Crippen LogP contribution in [0.25, 0.3) is 0 Å². The van der Waals surface area contributed by atoms with E-state index in [-0.39, 0.29) is 19.2 Å². The Bertz CT molecular complexity index is 877. The number of esters is 1. The monoisotopic (exact) mass is 390 g/mol. The number of anilines is 1. The fraction of sp³-hybridized carbons (Fsp3) is 0.368. The predicted molar refractivity (Wildman–Crippen MR) is 103 cm³/mol. The van der Waals surface area contributed by atoms with E-state index in [0.29, 0.717) is 17.1 Å². The van der Waals surface area contributed by atoms with Gasteiger partial charge in [0, 0.05) is 11.4 Å². The van der Waals surface area contributed by atoms with Crippen LogP contribution < -0.4 is 14.8 Å². The third-order valence-corrected chi connectivity index (χ3v) is 5.45. The molecule has 0 bridgehead atoms. The zero-order valence-corrected chi connectivity index (χ0v) is 16.6. The first-order chi connectivity index (χ1) is 12.9. The number of amides is 1. The van der Waals surface area contributed by atoms with Gasteiger partial charge in [0.25, 0.3) is 0 Å². The number of carbonyl (C=O) groups is 2. The fourth-order valence-electron chi connectivity index (χ4n) is 2.88. The first-order valence-electron chi connectivity index (χ1n) is 8.44. The highest BCUT2D eigenvalue weighted by Crippen LogP contribution is 2.34. The van der Waals surface area contributed by atoms with Crippen molar-refractivity contribution in [2.75, 3.05) is 32.8 Å². The van der Waals surface area contributed by atoms with E-state index in [1.807, 2.05) is 44.0 Å². The normalized spacial score (nSPS) is 12.3. The van der Waals surface area contributed by atoms with Gasteiger partial charge in [-0.1, -0.05) is 6.07 Å². The maximum atomic E-state index is 12.4. The molecule has 2 heterocycles. The van der Waals surface area contributed by atoms with Gasteiger partial charge < -0.3 is 19.5 Å².